The third-order valence-corrected chi connectivity index (χ3v) is 3.51. The molecule has 1 N–H and O–H groups in total. The second-order valence-corrected chi connectivity index (χ2v) is 5.44. The lowest BCUT2D eigenvalue weighted by Gasteiger charge is -2.12. The average molecular weight is 343 g/mol. The number of nitrogens with zero attached hydrogens (tertiary/aromatic N) is 1. The lowest BCUT2D eigenvalue weighted by atomic mass is 10.0. The zero-order valence-corrected chi connectivity index (χ0v) is 12.6. The van der Waals surface area contributed by atoms with Crippen molar-refractivity contribution in [3.8, 4) is 11.1 Å². The van der Waals surface area contributed by atoms with Gasteiger partial charge in [0.25, 0.3) is 0 Å². The smallest absolute Gasteiger partial charge is 0.166 e. The Hall–Kier alpha value is -2.20. The predicted octanol–water partition coefficient (Wildman–Crippen LogP) is 5.39. The van der Waals surface area contributed by atoms with E-state index in [1.807, 2.05) is 54.6 Å². The van der Waals surface area contributed by atoms with Crippen molar-refractivity contribution in [2.45, 2.75) is 0 Å². The Balaban J connectivity index is 2.00. The number of aromatic nitrogens is 1. The van der Waals surface area contributed by atoms with Crippen molar-refractivity contribution in [2.75, 3.05) is 5.32 Å². The number of halogens is 2. The molecule has 0 radical (unpaired) electrons. The van der Waals surface area contributed by atoms with Gasteiger partial charge in [-0.1, -0.05) is 48.5 Å². The third kappa shape index (κ3) is 3.11. The van der Waals surface area contributed by atoms with E-state index in [0.717, 1.165) is 16.8 Å². The van der Waals surface area contributed by atoms with Gasteiger partial charge < -0.3 is 5.32 Å². The van der Waals surface area contributed by atoms with Crippen molar-refractivity contribution in [1.29, 1.82) is 0 Å². The van der Waals surface area contributed by atoms with Crippen LogP contribution in [0.5, 0.6) is 0 Å². The normalized spacial score (nSPS) is 10.4. The molecule has 2 aromatic carbocycles. The van der Waals surface area contributed by atoms with E-state index >= 15 is 0 Å². The first kappa shape index (κ1) is 13.8. The SMILES string of the molecule is Fc1cc(Br)cnc1Nc1ccccc1-c1ccccc1. The molecule has 1 aromatic heterocycles. The van der Waals surface area contributed by atoms with Crippen LogP contribution in [-0.2, 0) is 0 Å². The Bertz CT molecular complexity index is 760. The van der Waals surface area contributed by atoms with Crippen molar-refractivity contribution in [1.82, 2.24) is 4.98 Å². The van der Waals surface area contributed by atoms with Gasteiger partial charge in [0.15, 0.2) is 11.6 Å². The molecule has 0 saturated heterocycles. The maximum atomic E-state index is 13.9. The molecule has 0 unspecified atom stereocenters. The lowest BCUT2D eigenvalue weighted by molar-refractivity contribution is 0.625. The Labute approximate surface area is 130 Å². The number of hydrogen-bond donors (Lipinski definition) is 1. The highest BCUT2D eigenvalue weighted by molar-refractivity contribution is 9.10. The number of pyridine rings is 1. The molecule has 2 nitrogen and oxygen atoms in total. The molecule has 0 fully saturated rings. The van der Waals surface area contributed by atoms with E-state index in [0.29, 0.717) is 4.47 Å². The highest BCUT2D eigenvalue weighted by Crippen LogP contribution is 2.30. The summed E-state index contributed by atoms with van der Waals surface area (Å²) in [7, 11) is 0. The van der Waals surface area contributed by atoms with Gasteiger partial charge in [0, 0.05) is 21.9 Å². The zero-order valence-electron chi connectivity index (χ0n) is 11.1. The summed E-state index contributed by atoms with van der Waals surface area (Å²) in [4.78, 5) is 4.07. The fraction of sp³-hybridized carbons (Fsp3) is 0. The number of anilines is 2. The van der Waals surface area contributed by atoms with E-state index in [9.17, 15) is 4.39 Å². The average Bonchev–Trinajstić information content (AvgIpc) is 2.51. The molecule has 0 spiro atoms. The van der Waals surface area contributed by atoms with Crippen molar-refractivity contribution >= 4 is 27.4 Å². The van der Waals surface area contributed by atoms with E-state index in [2.05, 4.69) is 26.2 Å². The van der Waals surface area contributed by atoms with Crippen molar-refractivity contribution in [3.05, 3.63) is 77.2 Å². The molecule has 0 saturated carbocycles. The number of benzene rings is 2. The second kappa shape index (κ2) is 6.06. The van der Waals surface area contributed by atoms with Crippen LogP contribution in [0.2, 0.25) is 0 Å². The van der Waals surface area contributed by atoms with Crippen molar-refractivity contribution < 1.29 is 4.39 Å². The van der Waals surface area contributed by atoms with Crippen LogP contribution in [0.25, 0.3) is 11.1 Å². The van der Waals surface area contributed by atoms with Crippen molar-refractivity contribution in [2.24, 2.45) is 0 Å². The van der Waals surface area contributed by atoms with Gasteiger partial charge in [-0.05, 0) is 33.6 Å². The Morgan fingerprint density at radius 1 is 0.952 bits per heavy atom. The maximum absolute atomic E-state index is 13.9. The van der Waals surface area contributed by atoms with Crippen LogP contribution in [0, 0.1) is 5.82 Å². The van der Waals surface area contributed by atoms with Gasteiger partial charge in [-0.3, -0.25) is 0 Å². The fourth-order valence-electron chi connectivity index (χ4n) is 2.10. The third-order valence-electron chi connectivity index (χ3n) is 3.07. The summed E-state index contributed by atoms with van der Waals surface area (Å²) in [5, 5.41) is 3.06. The van der Waals surface area contributed by atoms with Crippen LogP contribution < -0.4 is 5.32 Å². The minimum absolute atomic E-state index is 0.210. The number of hydrogen-bond acceptors (Lipinski definition) is 2. The molecule has 0 aliphatic heterocycles. The zero-order chi connectivity index (χ0) is 14.7. The van der Waals surface area contributed by atoms with Gasteiger partial charge in [-0.2, -0.15) is 0 Å². The quantitative estimate of drug-likeness (QED) is 0.689. The van der Waals surface area contributed by atoms with E-state index in [-0.39, 0.29) is 5.82 Å². The minimum Gasteiger partial charge on any atom is -0.337 e. The summed E-state index contributed by atoms with van der Waals surface area (Å²) in [5.74, 6) is -0.186. The van der Waals surface area contributed by atoms with Gasteiger partial charge >= 0.3 is 0 Å². The van der Waals surface area contributed by atoms with Gasteiger partial charge in [0.2, 0.25) is 0 Å². The molecular formula is C17H12BrFN2. The van der Waals surface area contributed by atoms with Gasteiger partial charge in [-0.15, -0.1) is 0 Å². The topological polar surface area (TPSA) is 24.9 Å². The Morgan fingerprint density at radius 3 is 2.43 bits per heavy atom. The molecule has 1 heterocycles. The first-order chi connectivity index (χ1) is 10.2. The van der Waals surface area contributed by atoms with E-state index < -0.39 is 5.82 Å². The summed E-state index contributed by atoms with van der Waals surface area (Å²) in [6.07, 6.45) is 1.57. The monoisotopic (exact) mass is 342 g/mol. The van der Waals surface area contributed by atoms with Crippen LogP contribution in [0.1, 0.15) is 0 Å². The van der Waals surface area contributed by atoms with Crippen LogP contribution >= 0.6 is 15.9 Å². The van der Waals surface area contributed by atoms with Crippen LogP contribution in [-0.4, -0.2) is 4.98 Å². The molecule has 0 atom stereocenters. The molecule has 4 heteroatoms. The number of rotatable bonds is 3. The lowest BCUT2D eigenvalue weighted by Crippen LogP contribution is -1.98. The Morgan fingerprint density at radius 2 is 1.67 bits per heavy atom. The number of para-hydroxylation sites is 1. The fourth-order valence-corrected chi connectivity index (χ4v) is 2.40. The minimum atomic E-state index is -0.396. The summed E-state index contributed by atoms with van der Waals surface area (Å²) >= 11 is 3.20. The number of nitrogens with one attached hydrogen (secondary N) is 1. The highest BCUT2D eigenvalue weighted by atomic mass is 79.9. The first-order valence-corrected chi connectivity index (χ1v) is 7.26. The molecule has 3 aromatic rings. The molecule has 3 rings (SSSR count). The van der Waals surface area contributed by atoms with E-state index in [1.165, 1.54) is 6.07 Å². The van der Waals surface area contributed by atoms with Crippen LogP contribution in [0.4, 0.5) is 15.9 Å². The molecule has 0 aliphatic rings. The van der Waals surface area contributed by atoms with Gasteiger partial charge in [0.1, 0.15) is 0 Å². The molecule has 104 valence electrons. The second-order valence-electron chi connectivity index (χ2n) is 4.52. The highest BCUT2D eigenvalue weighted by Gasteiger charge is 2.08. The Kier molecular flexibility index (Phi) is 3.97. The molecule has 0 amide bonds. The standard InChI is InChI=1S/C17H12BrFN2/c18-13-10-15(19)17(20-11-13)21-16-9-5-4-8-14(16)12-6-2-1-3-7-12/h1-11H,(H,20,21). The first-order valence-electron chi connectivity index (χ1n) is 6.46. The molecule has 0 aliphatic carbocycles. The van der Waals surface area contributed by atoms with Gasteiger partial charge in [0.05, 0.1) is 0 Å². The summed E-state index contributed by atoms with van der Waals surface area (Å²) < 4.78 is 14.5. The van der Waals surface area contributed by atoms with E-state index in [4.69, 9.17) is 0 Å². The van der Waals surface area contributed by atoms with Crippen LogP contribution in [0.3, 0.4) is 0 Å². The maximum Gasteiger partial charge on any atom is 0.166 e. The van der Waals surface area contributed by atoms with Crippen molar-refractivity contribution in [3.63, 3.8) is 0 Å². The summed E-state index contributed by atoms with van der Waals surface area (Å²) in [6, 6.07) is 19.1. The van der Waals surface area contributed by atoms with Gasteiger partial charge in [-0.25, -0.2) is 9.37 Å². The predicted molar refractivity (Wildman–Crippen MR) is 87.1 cm³/mol. The summed E-state index contributed by atoms with van der Waals surface area (Å²) in [5.41, 5.74) is 2.89. The largest absolute Gasteiger partial charge is 0.337 e. The summed E-state index contributed by atoms with van der Waals surface area (Å²) in [6.45, 7) is 0. The molecule has 0 bridgehead atoms. The molecular weight excluding hydrogens is 331 g/mol. The molecule has 21 heavy (non-hydrogen) atoms. The van der Waals surface area contributed by atoms with E-state index in [1.54, 1.807) is 6.20 Å². The van der Waals surface area contributed by atoms with Crippen LogP contribution in [0.15, 0.2) is 71.3 Å².